The molecule has 3 aromatic rings. The van der Waals surface area contributed by atoms with Crippen molar-refractivity contribution in [2.45, 2.75) is 6.92 Å². The van der Waals surface area contributed by atoms with Crippen LogP contribution in [0.2, 0.25) is 0 Å². The zero-order chi connectivity index (χ0) is 13.9. The van der Waals surface area contributed by atoms with E-state index in [2.05, 4.69) is 30.4 Å². The maximum absolute atomic E-state index is 9.18. The number of fused-ring (bicyclic) bond motifs is 1. The van der Waals surface area contributed by atoms with Crippen molar-refractivity contribution >= 4 is 22.1 Å². The highest BCUT2D eigenvalue weighted by atomic mass is 14.9. The second-order valence-electron chi connectivity index (χ2n) is 4.81. The van der Waals surface area contributed by atoms with Crippen molar-refractivity contribution in [3.05, 3.63) is 71.8 Å². The van der Waals surface area contributed by atoms with Crippen LogP contribution in [0.4, 0.5) is 11.4 Å². The first-order valence-electron chi connectivity index (χ1n) is 6.53. The molecule has 20 heavy (non-hydrogen) atoms. The molecule has 0 aliphatic heterocycles. The number of benzene rings is 3. The van der Waals surface area contributed by atoms with Gasteiger partial charge in [0.25, 0.3) is 0 Å². The summed E-state index contributed by atoms with van der Waals surface area (Å²) in [5, 5.41) is 14.7. The van der Waals surface area contributed by atoms with E-state index in [-0.39, 0.29) is 0 Å². The SMILES string of the molecule is Cc1cccc(Nc2ccc(C#N)c3ccccc23)c1. The third kappa shape index (κ3) is 2.22. The lowest BCUT2D eigenvalue weighted by molar-refractivity contribution is 1.45. The van der Waals surface area contributed by atoms with Gasteiger partial charge >= 0.3 is 0 Å². The van der Waals surface area contributed by atoms with Gasteiger partial charge in [0, 0.05) is 22.1 Å². The molecule has 3 rings (SSSR count). The predicted molar refractivity (Wildman–Crippen MR) is 83.1 cm³/mol. The first kappa shape index (κ1) is 12.3. The molecule has 0 amide bonds. The average Bonchev–Trinajstić information content (AvgIpc) is 2.48. The molecule has 0 saturated heterocycles. The van der Waals surface area contributed by atoms with E-state index in [0.717, 1.165) is 22.1 Å². The summed E-state index contributed by atoms with van der Waals surface area (Å²) >= 11 is 0. The van der Waals surface area contributed by atoms with Crippen molar-refractivity contribution in [2.24, 2.45) is 0 Å². The van der Waals surface area contributed by atoms with Gasteiger partial charge in [0.1, 0.15) is 0 Å². The first-order chi connectivity index (χ1) is 9.78. The molecule has 0 aromatic heterocycles. The van der Waals surface area contributed by atoms with Gasteiger partial charge in [-0.25, -0.2) is 0 Å². The fraction of sp³-hybridized carbons (Fsp3) is 0.0556. The maximum atomic E-state index is 9.18. The highest BCUT2D eigenvalue weighted by molar-refractivity contribution is 5.98. The largest absolute Gasteiger partial charge is 0.355 e. The molecule has 0 unspecified atom stereocenters. The van der Waals surface area contributed by atoms with Gasteiger partial charge in [0.15, 0.2) is 0 Å². The van der Waals surface area contributed by atoms with Gasteiger partial charge in [-0.1, -0.05) is 36.4 Å². The van der Waals surface area contributed by atoms with Crippen LogP contribution in [0, 0.1) is 18.3 Å². The van der Waals surface area contributed by atoms with Gasteiger partial charge in [-0.3, -0.25) is 0 Å². The Bertz CT molecular complexity index is 813. The standard InChI is InChI=1S/C18H14N2/c1-13-5-4-6-15(11-13)20-18-10-9-14(12-19)16-7-2-3-8-17(16)18/h2-11,20H,1H3. The molecule has 0 saturated carbocycles. The molecule has 2 heteroatoms. The van der Waals surface area contributed by atoms with Crippen LogP contribution in [-0.2, 0) is 0 Å². The number of nitrogens with zero attached hydrogens (tertiary/aromatic N) is 1. The minimum Gasteiger partial charge on any atom is -0.355 e. The molecule has 0 radical (unpaired) electrons. The molecular formula is C18H14N2. The van der Waals surface area contributed by atoms with E-state index in [1.165, 1.54) is 5.56 Å². The summed E-state index contributed by atoms with van der Waals surface area (Å²) in [6.07, 6.45) is 0. The fourth-order valence-electron chi connectivity index (χ4n) is 2.38. The number of anilines is 2. The molecule has 0 spiro atoms. The van der Waals surface area contributed by atoms with Crippen molar-refractivity contribution < 1.29 is 0 Å². The summed E-state index contributed by atoms with van der Waals surface area (Å²) in [6, 6.07) is 22.3. The second-order valence-corrected chi connectivity index (χ2v) is 4.81. The Hall–Kier alpha value is -2.79. The van der Waals surface area contributed by atoms with Crippen LogP contribution in [0.3, 0.4) is 0 Å². The van der Waals surface area contributed by atoms with Crippen molar-refractivity contribution in [1.82, 2.24) is 0 Å². The van der Waals surface area contributed by atoms with Crippen LogP contribution in [-0.4, -0.2) is 0 Å². The van der Waals surface area contributed by atoms with Crippen molar-refractivity contribution in [1.29, 1.82) is 5.26 Å². The Morgan fingerprint density at radius 3 is 2.45 bits per heavy atom. The summed E-state index contributed by atoms with van der Waals surface area (Å²) < 4.78 is 0. The molecule has 0 atom stereocenters. The third-order valence-corrected chi connectivity index (χ3v) is 3.34. The van der Waals surface area contributed by atoms with Crippen molar-refractivity contribution in [3.8, 4) is 6.07 Å². The second kappa shape index (κ2) is 5.07. The summed E-state index contributed by atoms with van der Waals surface area (Å²) in [4.78, 5) is 0. The summed E-state index contributed by atoms with van der Waals surface area (Å²) in [7, 11) is 0. The zero-order valence-corrected chi connectivity index (χ0v) is 11.2. The first-order valence-corrected chi connectivity index (χ1v) is 6.53. The van der Waals surface area contributed by atoms with E-state index in [0.29, 0.717) is 5.56 Å². The average molecular weight is 258 g/mol. The number of hydrogen-bond donors (Lipinski definition) is 1. The van der Waals surface area contributed by atoms with Crippen molar-refractivity contribution in [2.75, 3.05) is 5.32 Å². The molecule has 3 aromatic carbocycles. The lowest BCUT2D eigenvalue weighted by atomic mass is 10.0. The van der Waals surface area contributed by atoms with E-state index in [4.69, 9.17) is 0 Å². The molecule has 96 valence electrons. The van der Waals surface area contributed by atoms with Gasteiger partial charge in [-0.05, 0) is 36.8 Å². The van der Waals surface area contributed by atoms with Crippen LogP contribution in [0.1, 0.15) is 11.1 Å². The minimum absolute atomic E-state index is 0.704. The van der Waals surface area contributed by atoms with Crippen LogP contribution >= 0.6 is 0 Å². The highest BCUT2D eigenvalue weighted by Gasteiger charge is 2.05. The van der Waals surface area contributed by atoms with E-state index < -0.39 is 0 Å². The molecule has 0 fully saturated rings. The van der Waals surface area contributed by atoms with Crippen LogP contribution in [0.25, 0.3) is 10.8 Å². The quantitative estimate of drug-likeness (QED) is 0.719. The Balaban J connectivity index is 2.11. The van der Waals surface area contributed by atoms with Gasteiger partial charge in [-0.2, -0.15) is 5.26 Å². The number of aryl methyl sites for hydroxylation is 1. The zero-order valence-electron chi connectivity index (χ0n) is 11.2. The molecule has 1 N–H and O–H groups in total. The van der Waals surface area contributed by atoms with Crippen molar-refractivity contribution in [3.63, 3.8) is 0 Å². The molecule has 2 nitrogen and oxygen atoms in total. The molecule has 0 heterocycles. The smallest absolute Gasteiger partial charge is 0.0998 e. The number of nitriles is 1. The fourth-order valence-corrected chi connectivity index (χ4v) is 2.38. The van der Waals surface area contributed by atoms with Gasteiger partial charge in [0.2, 0.25) is 0 Å². The van der Waals surface area contributed by atoms with Gasteiger partial charge in [0.05, 0.1) is 11.6 Å². The third-order valence-electron chi connectivity index (χ3n) is 3.34. The van der Waals surface area contributed by atoms with Gasteiger partial charge in [-0.15, -0.1) is 0 Å². The van der Waals surface area contributed by atoms with Crippen LogP contribution in [0.5, 0.6) is 0 Å². The molecule has 0 aliphatic carbocycles. The summed E-state index contributed by atoms with van der Waals surface area (Å²) in [6.45, 7) is 2.07. The normalized spacial score (nSPS) is 10.2. The lowest BCUT2D eigenvalue weighted by Crippen LogP contribution is -1.93. The van der Waals surface area contributed by atoms with E-state index in [9.17, 15) is 5.26 Å². The number of hydrogen-bond acceptors (Lipinski definition) is 2. The van der Waals surface area contributed by atoms with E-state index >= 15 is 0 Å². The summed E-state index contributed by atoms with van der Waals surface area (Å²) in [5.41, 5.74) is 3.99. The molecule has 0 bridgehead atoms. The molecular weight excluding hydrogens is 244 g/mol. The monoisotopic (exact) mass is 258 g/mol. The van der Waals surface area contributed by atoms with E-state index in [1.54, 1.807) is 0 Å². The number of rotatable bonds is 2. The Labute approximate surface area is 118 Å². The number of nitrogens with one attached hydrogen (secondary N) is 1. The van der Waals surface area contributed by atoms with Gasteiger partial charge < -0.3 is 5.32 Å². The predicted octanol–water partition coefficient (Wildman–Crippen LogP) is 4.76. The topological polar surface area (TPSA) is 35.8 Å². The lowest BCUT2D eigenvalue weighted by Gasteiger charge is -2.11. The minimum atomic E-state index is 0.704. The van der Waals surface area contributed by atoms with E-state index in [1.807, 2.05) is 48.5 Å². The highest BCUT2D eigenvalue weighted by Crippen LogP contribution is 2.28. The Morgan fingerprint density at radius 2 is 1.70 bits per heavy atom. The van der Waals surface area contributed by atoms with Crippen LogP contribution < -0.4 is 5.32 Å². The van der Waals surface area contributed by atoms with Crippen LogP contribution in [0.15, 0.2) is 60.7 Å². The molecule has 0 aliphatic rings. The maximum Gasteiger partial charge on any atom is 0.0998 e. The Morgan fingerprint density at radius 1 is 0.900 bits per heavy atom. The summed E-state index contributed by atoms with van der Waals surface area (Å²) in [5.74, 6) is 0. The Kier molecular flexibility index (Phi) is 3.10.